The number of fused-ring (bicyclic) bond motifs is 1. The van der Waals surface area contributed by atoms with Gasteiger partial charge in [-0.1, -0.05) is 29.8 Å². The average molecular weight is 350 g/mol. The number of hydrogen-bond acceptors (Lipinski definition) is 4. The second-order valence-electron chi connectivity index (χ2n) is 6.94. The maximum Gasteiger partial charge on any atom is 0.266 e. The van der Waals surface area contributed by atoms with Gasteiger partial charge in [-0.05, 0) is 52.2 Å². The molecule has 26 heavy (non-hydrogen) atoms. The highest BCUT2D eigenvalue weighted by molar-refractivity contribution is 5.77. The van der Waals surface area contributed by atoms with Gasteiger partial charge in [-0.15, -0.1) is 0 Å². The zero-order valence-corrected chi connectivity index (χ0v) is 15.9. The maximum absolute atomic E-state index is 13.2. The van der Waals surface area contributed by atoms with E-state index in [-0.39, 0.29) is 11.6 Å². The van der Waals surface area contributed by atoms with Crippen molar-refractivity contribution in [2.75, 3.05) is 27.2 Å². The van der Waals surface area contributed by atoms with Crippen LogP contribution in [0.25, 0.3) is 16.6 Å². The smallest absolute Gasteiger partial charge is 0.266 e. The molecule has 1 heterocycles. The molecule has 0 saturated heterocycles. The van der Waals surface area contributed by atoms with Gasteiger partial charge in [-0.25, -0.2) is 4.98 Å². The van der Waals surface area contributed by atoms with Crippen molar-refractivity contribution in [3.63, 3.8) is 0 Å². The van der Waals surface area contributed by atoms with Gasteiger partial charge >= 0.3 is 0 Å². The molecule has 1 aromatic heterocycles. The van der Waals surface area contributed by atoms with Gasteiger partial charge in [0, 0.05) is 13.1 Å². The van der Waals surface area contributed by atoms with Crippen molar-refractivity contribution in [2.24, 2.45) is 0 Å². The van der Waals surface area contributed by atoms with Crippen molar-refractivity contribution < 1.29 is 0 Å². The minimum atomic E-state index is -0.0476. The number of aromatic nitrogens is 2. The Morgan fingerprint density at radius 2 is 1.81 bits per heavy atom. The van der Waals surface area contributed by atoms with Gasteiger partial charge in [0.15, 0.2) is 0 Å². The van der Waals surface area contributed by atoms with Crippen LogP contribution in [-0.2, 0) is 0 Å². The number of likely N-dealkylation sites (N-methyl/N-ethyl adjacent to an activating group) is 1. The van der Waals surface area contributed by atoms with Crippen LogP contribution in [-0.4, -0.2) is 41.6 Å². The predicted molar refractivity (Wildman–Crippen MR) is 107 cm³/mol. The molecule has 1 unspecified atom stereocenters. The van der Waals surface area contributed by atoms with Crippen molar-refractivity contribution in [1.82, 2.24) is 19.8 Å². The van der Waals surface area contributed by atoms with Crippen molar-refractivity contribution in [3.05, 3.63) is 70.3 Å². The van der Waals surface area contributed by atoms with Crippen LogP contribution in [0.5, 0.6) is 0 Å². The third kappa shape index (κ3) is 3.84. The summed E-state index contributed by atoms with van der Waals surface area (Å²) >= 11 is 0. The third-order valence-corrected chi connectivity index (χ3v) is 4.49. The van der Waals surface area contributed by atoms with Gasteiger partial charge in [-0.3, -0.25) is 9.36 Å². The van der Waals surface area contributed by atoms with Crippen molar-refractivity contribution in [2.45, 2.75) is 19.9 Å². The fourth-order valence-electron chi connectivity index (χ4n) is 2.98. The Balaban J connectivity index is 2.11. The first-order chi connectivity index (χ1) is 12.5. The van der Waals surface area contributed by atoms with Gasteiger partial charge in [0.2, 0.25) is 0 Å². The molecule has 0 spiro atoms. The molecule has 0 aliphatic rings. The van der Waals surface area contributed by atoms with Crippen LogP contribution in [0, 0.1) is 6.92 Å². The van der Waals surface area contributed by atoms with E-state index in [2.05, 4.69) is 17.1 Å². The summed E-state index contributed by atoms with van der Waals surface area (Å²) in [7, 11) is 4.09. The Kier molecular flexibility index (Phi) is 5.49. The van der Waals surface area contributed by atoms with Gasteiger partial charge in [0.25, 0.3) is 5.56 Å². The van der Waals surface area contributed by atoms with E-state index in [1.807, 2.05) is 69.6 Å². The van der Waals surface area contributed by atoms with E-state index in [1.165, 1.54) is 0 Å². The lowest BCUT2D eigenvalue weighted by Gasteiger charge is -2.20. The molecule has 1 N–H and O–H groups in total. The molecule has 2 aromatic carbocycles. The Morgan fingerprint density at radius 3 is 2.50 bits per heavy atom. The van der Waals surface area contributed by atoms with Gasteiger partial charge in [0.05, 0.1) is 22.6 Å². The lowest BCUT2D eigenvalue weighted by molar-refractivity contribution is 0.385. The molecule has 5 nitrogen and oxygen atoms in total. The summed E-state index contributed by atoms with van der Waals surface area (Å²) in [5, 5.41) is 4.12. The first-order valence-electron chi connectivity index (χ1n) is 8.94. The van der Waals surface area contributed by atoms with Crippen LogP contribution in [0.15, 0.2) is 53.3 Å². The van der Waals surface area contributed by atoms with E-state index in [0.29, 0.717) is 5.39 Å². The Morgan fingerprint density at radius 1 is 1.12 bits per heavy atom. The summed E-state index contributed by atoms with van der Waals surface area (Å²) in [5.41, 5.74) is 2.71. The van der Waals surface area contributed by atoms with Crippen LogP contribution < -0.4 is 10.9 Å². The first kappa shape index (κ1) is 18.3. The number of nitrogens with zero attached hydrogens (tertiary/aromatic N) is 3. The van der Waals surface area contributed by atoms with E-state index in [0.717, 1.165) is 35.7 Å². The zero-order valence-electron chi connectivity index (χ0n) is 15.9. The maximum atomic E-state index is 13.2. The molecule has 3 rings (SSSR count). The number of para-hydroxylation sites is 1. The molecule has 3 aromatic rings. The minimum Gasteiger partial charge on any atom is -0.308 e. The molecule has 5 heteroatoms. The van der Waals surface area contributed by atoms with E-state index < -0.39 is 0 Å². The normalized spacial score (nSPS) is 12.7. The molecule has 0 fully saturated rings. The quantitative estimate of drug-likeness (QED) is 0.743. The van der Waals surface area contributed by atoms with Crippen LogP contribution in [0.1, 0.15) is 24.4 Å². The van der Waals surface area contributed by atoms with Crippen molar-refractivity contribution in [3.8, 4) is 5.69 Å². The third-order valence-electron chi connectivity index (χ3n) is 4.49. The van der Waals surface area contributed by atoms with Crippen molar-refractivity contribution in [1.29, 1.82) is 0 Å². The fraction of sp³-hybridized carbons (Fsp3) is 0.333. The van der Waals surface area contributed by atoms with Crippen LogP contribution in [0.3, 0.4) is 0 Å². The highest BCUT2D eigenvalue weighted by Crippen LogP contribution is 2.18. The average Bonchev–Trinajstić information content (AvgIpc) is 2.62. The second-order valence-corrected chi connectivity index (χ2v) is 6.94. The molecule has 136 valence electrons. The number of benzene rings is 2. The Bertz CT molecular complexity index is 944. The molecular formula is C21H26N4O. The summed E-state index contributed by atoms with van der Waals surface area (Å²) in [4.78, 5) is 20.2. The molecular weight excluding hydrogens is 324 g/mol. The largest absolute Gasteiger partial charge is 0.308 e. The molecule has 0 saturated carbocycles. The summed E-state index contributed by atoms with van der Waals surface area (Å²) in [6.07, 6.45) is 0. The number of hydrogen-bond donors (Lipinski definition) is 1. The molecule has 0 amide bonds. The van der Waals surface area contributed by atoms with E-state index in [1.54, 1.807) is 4.57 Å². The van der Waals surface area contributed by atoms with Crippen LogP contribution in [0.4, 0.5) is 0 Å². The van der Waals surface area contributed by atoms with E-state index in [9.17, 15) is 4.79 Å². The number of aryl methyl sites for hydroxylation is 1. The SMILES string of the molecule is Cc1ccc(-n2c(C(C)NCCN(C)C)nc3ccccc3c2=O)cc1. The van der Waals surface area contributed by atoms with Gasteiger partial charge in [0.1, 0.15) is 5.82 Å². The Labute approximate surface area is 154 Å². The summed E-state index contributed by atoms with van der Waals surface area (Å²) in [6, 6.07) is 15.5. The number of rotatable bonds is 6. The second kappa shape index (κ2) is 7.81. The van der Waals surface area contributed by atoms with E-state index in [4.69, 9.17) is 4.98 Å². The van der Waals surface area contributed by atoms with Gasteiger partial charge in [-0.2, -0.15) is 0 Å². The monoisotopic (exact) mass is 350 g/mol. The lowest BCUT2D eigenvalue weighted by atomic mass is 10.2. The Hall–Kier alpha value is -2.50. The van der Waals surface area contributed by atoms with Crippen LogP contribution in [0.2, 0.25) is 0 Å². The minimum absolute atomic E-state index is 0.0317. The van der Waals surface area contributed by atoms with Crippen LogP contribution >= 0.6 is 0 Å². The molecule has 1 atom stereocenters. The molecule has 0 radical (unpaired) electrons. The predicted octanol–water partition coefficient (Wildman–Crippen LogP) is 2.91. The fourth-order valence-corrected chi connectivity index (χ4v) is 2.98. The summed E-state index contributed by atoms with van der Waals surface area (Å²) < 4.78 is 1.73. The summed E-state index contributed by atoms with van der Waals surface area (Å²) in [6.45, 7) is 5.84. The first-order valence-corrected chi connectivity index (χ1v) is 8.94. The highest BCUT2D eigenvalue weighted by atomic mass is 16.1. The summed E-state index contributed by atoms with van der Waals surface area (Å²) in [5.74, 6) is 0.733. The molecule has 0 aliphatic carbocycles. The molecule has 0 bridgehead atoms. The molecule has 0 aliphatic heterocycles. The van der Waals surface area contributed by atoms with Crippen molar-refractivity contribution >= 4 is 10.9 Å². The highest BCUT2D eigenvalue weighted by Gasteiger charge is 2.17. The topological polar surface area (TPSA) is 50.2 Å². The number of nitrogens with one attached hydrogen (secondary N) is 1. The standard InChI is InChI=1S/C21H26N4O/c1-15-9-11-17(12-10-15)25-20(16(2)22-13-14-24(3)4)23-19-8-6-5-7-18(19)21(25)26/h5-12,16,22H,13-14H2,1-4H3. The van der Waals surface area contributed by atoms with Gasteiger partial charge < -0.3 is 10.2 Å². The lowest BCUT2D eigenvalue weighted by Crippen LogP contribution is -2.33. The zero-order chi connectivity index (χ0) is 18.7. The van der Waals surface area contributed by atoms with E-state index >= 15 is 0 Å².